The van der Waals surface area contributed by atoms with Gasteiger partial charge in [0.15, 0.2) is 6.20 Å². The van der Waals surface area contributed by atoms with Crippen LogP contribution >= 0.6 is 0 Å². The Morgan fingerprint density at radius 1 is 0.840 bits per heavy atom. The van der Waals surface area contributed by atoms with Gasteiger partial charge in [-0.05, 0) is 80.4 Å². The Hall–Kier alpha value is -5.58. The highest BCUT2D eigenvalue weighted by Gasteiger charge is 2.18. The van der Waals surface area contributed by atoms with Crippen LogP contribution in [0.5, 0.6) is 0 Å². The summed E-state index contributed by atoms with van der Waals surface area (Å²) in [6.45, 7) is 7.66. The van der Waals surface area contributed by atoms with E-state index in [1.807, 2.05) is 85.9 Å². The van der Waals surface area contributed by atoms with Crippen LogP contribution in [0.15, 0.2) is 127 Å². The highest BCUT2D eigenvalue weighted by atomic mass is 32.2. The number of esters is 2. The van der Waals surface area contributed by atoms with Crippen LogP contribution in [0.2, 0.25) is 0 Å². The molecule has 9 nitrogen and oxygen atoms in total. The van der Waals surface area contributed by atoms with E-state index in [2.05, 4.69) is 35.7 Å². The number of fused-ring (bicyclic) bond motifs is 2. The number of nitrogens with zero attached hydrogens (tertiary/aromatic N) is 2. The number of carbonyl (C=O) groups excluding carboxylic acids is 2. The number of allylic oxidation sites excluding steroid dienone is 8. The van der Waals surface area contributed by atoms with E-state index in [9.17, 15) is 22.6 Å². The molecule has 10 heteroatoms. The number of carbonyl (C=O) groups is 2. The highest BCUT2D eigenvalue weighted by Crippen LogP contribution is 2.34. The van der Waals surface area contributed by atoms with E-state index < -0.39 is 10.1 Å². The number of benzene rings is 3. The Morgan fingerprint density at radius 3 is 2.12 bits per heavy atom. The Kier molecular flexibility index (Phi) is 12.8. The largest absolute Gasteiger partial charge is 0.744 e. The van der Waals surface area contributed by atoms with E-state index in [4.69, 9.17) is 9.47 Å². The van der Waals surface area contributed by atoms with Crippen LogP contribution in [0.4, 0.5) is 5.69 Å². The minimum Gasteiger partial charge on any atom is -0.744 e. The molecule has 0 radical (unpaired) electrons. The Labute approximate surface area is 293 Å². The van der Waals surface area contributed by atoms with Crippen molar-refractivity contribution in [1.82, 2.24) is 0 Å². The Morgan fingerprint density at radius 2 is 1.48 bits per heavy atom. The summed E-state index contributed by atoms with van der Waals surface area (Å²) in [5.74, 6) is -0.700. The standard InChI is InChI=1S/C33H33N2O4.C7H8O3S/c1-5-34-20-18-24(28-22-26(32(36)38-3)14-16-30(28)34)12-10-8-7-9-11-13-25-19-21-35(6-2)31-17-15-27(23-29(25)31)33(37)39-4;1-6-2-4-7(5-3-6)11(8,9)10/h7-23H,5-6H2,1-4H3;2-5H,1H3,(H,8,9,10)/q+1;/p-1. The van der Waals surface area contributed by atoms with Crippen LogP contribution < -0.4 is 9.47 Å². The van der Waals surface area contributed by atoms with Crippen molar-refractivity contribution in [1.29, 1.82) is 0 Å². The topological polar surface area (TPSA) is 117 Å². The van der Waals surface area contributed by atoms with Gasteiger partial charge >= 0.3 is 11.9 Å². The first-order valence-corrected chi connectivity index (χ1v) is 17.4. The van der Waals surface area contributed by atoms with Crippen LogP contribution in [-0.2, 0) is 26.1 Å². The van der Waals surface area contributed by atoms with Gasteiger partial charge in [0.25, 0.3) is 0 Å². The summed E-state index contributed by atoms with van der Waals surface area (Å²) in [5, 5.41) is 0.988. The fraction of sp³-hybridized carbons (Fsp3) is 0.175. The fourth-order valence-electron chi connectivity index (χ4n) is 5.26. The lowest BCUT2D eigenvalue weighted by atomic mass is 9.97. The monoisotopic (exact) mass is 692 g/mol. The second-order valence-corrected chi connectivity index (χ2v) is 12.5. The lowest BCUT2D eigenvalue weighted by molar-refractivity contribution is -0.667. The van der Waals surface area contributed by atoms with E-state index in [0.717, 1.165) is 51.9 Å². The second-order valence-electron chi connectivity index (χ2n) is 11.1. The molecule has 0 bridgehead atoms. The SMILES string of the molecule is CCN1C=C\C(=C/C=C/C=C/C=C/c2cc[n+](CC)c3ccc(C(=O)OC)cc23)c2cc(C(=O)OC)ccc21.Cc1ccc(S(=O)(=O)[O-])cc1. The molecule has 1 aromatic heterocycles. The molecule has 0 saturated heterocycles. The van der Waals surface area contributed by atoms with Gasteiger partial charge in [0.05, 0.1) is 35.6 Å². The molecule has 4 aromatic rings. The average Bonchev–Trinajstić information content (AvgIpc) is 3.13. The highest BCUT2D eigenvalue weighted by molar-refractivity contribution is 7.85. The summed E-state index contributed by atoms with van der Waals surface area (Å²) >= 11 is 0. The van der Waals surface area contributed by atoms with Crippen molar-refractivity contribution >= 4 is 50.3 Å². The van der Waals surface area contributed by atoms with Crippen molar-refractivity contribution in [3.63, 3.8) is 0 Å². The van der Waals surface area contributed by atoms with Gasteiger partial charge in [-0.15, -0.1) is 0 Å². The third kappa shape index (κ3) is 9.31. The van der Waals surface area contributed by atoms with E-state index in [0.29, 0.717) is 11.1 Å². The minimum atomic E-state index is -4.27. The Balaban J connectivity index is 0.000000435. The van der Waals surface area contributed by atoms with Gasteiger partial charge in [0, 0.05) is 36.1 Å². The number of aromatic nitrogens is 1. The maximum Gasteiger partial charge on any atom is 0.337 e. The first-order chi connectivity index (χ1) is 24.0. The summed E-state index contributed by atoms with van der Waals surface area (Å²) in [5.41, 5.74) is 7.11. The quantitative estimate of drug-likeness (QED) is 0.0784. The molecule has 0 unspecified atom stereocenters. The third-order valence-corrected chi connectivity index (χ3v) is 8.78. The smallest absolute Gasteiger partial charge is 0.337 e. The van der Waals surface area contributed by atoms with E-state index in [-0.39, 0.29) is 16.8 Å². The molecule has 258 valence electrons. The molecule has 0 saturated carbocycles. The maximum absolute atomic E-state index is 12.1. The number of anilines is 1. The molecule has 5 rings (SSSR count). The van der Waals surface area contributed by atoms with Crippen LogP contribution in [0.25, 0.3) is 22.6 Å². The molecule has 2 heterocycles. The normalized spacial score (nSPS) is 13.6. The summed E-state index contributed by atoms with van der Waals surface area (Å²) < 4.78 is 43.1. The van der Waals surface area contributed by atoms with Crippen LogP contribution in [0, 0.1) is 6.92 Å². The number of hydrogen-bond donors (Lipinski definition) is 0. The lowest BCUT2D eigenvalue weighted by Gasteiger charge is -2.26. The molecular formula is C40H40N2O7S. The molecule has 0 spiro atoms. The van der Waals surface area contributed by atoms with E-state index in [1.165, 1.54) is 26.4 Å². The van der Waals surface area contributed by atoms with Crippen LogP contribution in [0.3, 0.4) is 0 Å². The zero-order chi connectivity index (χ0) is 36.3. The van der Waals surface area contributed by atoms with Gasteiger partial charge in [-0.3, -0.25) is 0 Å². The first-order valence-electron chi connectivity index (χ1n) is 16.0. The predicted octanol–water partition coefficient (Wildman–Crippen LogP) is 7.18. The zero-order valence-corrected chi connectivity index (χ0v) is 29.5. The van der Waals surface area contributed by atoms with Crippen molar-refractivity contribution in [3.05, 3.63) is 149 Å². The molecule has 0 amide bonds. The maximum atomic E-state index is 12.1. The molecule has 1 aliphatic rings. The van der Waals surface area contributed by atoms with Crippen LogP contribution in [0.1, 0.15) is 51.3 Å². The van der Waals surface area contributed by atoms with Crippen LogP contribution in [-0.4, -0.2) is 45.7 Å². The van der Waals surface area contributed by atoms with Crippen molar-refractivity contribution in [2.75, 3.05) is 25.7 Å². The lowest BCUT2D eigenvalue weighted by Crippen LogP contribution is -2.32. The molecule has 1 aliphatic heterocycles. The molecule has 0 N–H and O–H groups in total. The van der Waals surface area contributed by atoms with E-state index in [1.54, 1.807) is 24.3 Å². The summed E-state index contributed by atoms with van der Waals surface area (Å²) in [6.07, 6.45) is 20.0. The summed E-state index contributed by atoms with van der Waals surface area (Å²) in [7, 11) is -1.49. The van der Waals surface area contributed by atoms with Crippen molar-refractivity contribution < 1.29 is 36.6 Å². The summed E-state index contributed by atoms with van der Waals surface area (Å²) in [6, 6.07) is 19.1. The Bertz CT molecular complexity index is 2130. The van der Waals surface area contributed by atoms with Gasteiger partial charge < -0.3 is 18.9 Å². The van der Waals surface area contributed by atoms with Gasteiger partial charge in [0.2, 0.25) is 5.52 Å². The average molecular weight is 693 g/mol. The van der Waals surface area contributed by atoms with Crippen molar-refractivity contribution in [2.45, 2.75) is 32.2 Å². The molecular weight excluding hydrogens is 653 g/mol. The van der Waals surface area contributed by atoms with E-state index >= 15 is 0 Å². The third-order valence-electron chi connectivity index (χ3n) is 7.93. The number of ether oxygens (including phenoxy) is 2. The first kappa shape index (κ1) is 37.2. The number of aryl methyl sites for hydroxylation is 2. The second kappa shape index (κ2) is 17.2. The van der Waals surface area contributed by atoms with Crippen molar-refractivity contribution in [3.8, 4) is 0 Å². The molecule has 3 aromatic carbocycles. The van der Waals surface area contributed by atoms with Gasteiger partial charge in [-0.1, -0.05) is 60.2 Å². The molecule has 50 heavy (non-hydrogen) atoms. The van der Waals surface area contributed by atoms with Gasteiger partial charge in [0.1, 0.15) is 16.7 Å². The summed E-state index contributed by atoms with van der Waals surface area (Å²) in [4.78, 5) is 26.1. The minimum absolute atomic E-state index is 0.178. The number of methoxy groups -OCH3 is 2. The van der Waals surface area contributed by atoms with Crippen molar-refractivity contribution in [2.24, 2.45) is 0 Å². The number of hydrogen-bond acceptors (Lipinski definition) is 8. The predicted molar refractivity (Wildman–Crippen MR) is 196 cm³/mol. The number of rotatable bonds is 9. The zero-order valence-electron chi connectivity index (χ0n) is 28.7. The fourth-order valence-corrected chi connectivity index (χ4v) is 5.73. The molecule has 0 atom stereocenters. The number of pyridine rings is 1. The molecule has 0 aliphatic carbocycles. The molecule has 0 fully saturated rings. The van der Waals surface area contributed by atoms with Gasteiger partial charge in [-0.25, -0.2) is 18.0 Å². The van der Waals surface area contributed by atoms with Gasteiger partial charge in [-0.2, -0.15) is 4.57 Å².